The zero-order valence-electron chi connectivity index (χ0n) is 15.7. The monoisotopic (exact) mass is 388 g/mol. The first-order valence-electron chi connectivity index (χ1n) is 9.09. The summed E-state index contributed by atoms with van der Waals surface area (Å²) in [5.41, 5.74) is 3.00. The average molecular weight is 388 g/mol. The van der Waals surface area contributed by atoms with Crippen LogP contribution < -0.4 is 10.2 Å². The molecule has 4 rings (SSSR count). The van der Waals surface area contributed by atoms with Crippen molar-refractivity contribution in [2.24, 2.45) is 0 Å². The molecule has 1 atom stereocenters. The Kier molecular flexibility index (Phi) is 4.92. The summed E-state index contributed by atoms with van der Waals surface area (Å²) < 4.78 is 0. The fraction of sp³-hybridized carbons (Fsp3) is 0.130. The van der Waals surface area contributed by atoms with Gasteiger partial charge in [-0.25, -0.2) is 0 Å². The summed E-state index contributed by atoms with van der Waals surface area (Å²) in [5.74, 6) is -0.233. The lowest BCUT2D eigenvalue weighted by Gasteiger charge is -2.19. The second-order valence-electron chi connectivity index (χ2n) is 6.75. The third-order valence-corrected chi connectivity index (χ3v) is 6.01. The molecule has 0 unspecified atom stereocenters. The minimum atomic E-state index is -0.160. The lowest BCUT2D eigenvalue weighted by molar-refractivity contribution is 0.0937. The lowest BCUT2D eigenvalue weighted by atomic mass is 10.1. The maximum absolute atomic E-state index is 12.9. The Balaban J connectivity index is 1.62. The molecular formula is C23H20N2O2S. The average Bonchev–Trinajstić information content (AvgIpc) is 2.83. The van der Waals surface area contributed by atoms with Gasteiger partial charge in [0.15, 0.2) is 0 Å². The molecule has 0 aromatic heterocycles. The van der Waals surface area contributed by atoms with E-state index in [2.05, 4.69) is 5.32 Å². The van der Waals surface area contributed by atoms with Crippen molar-refractivity contribution in [1.82, 2.24) is 5.32 Å². The van der Waals surface area contributed by atoms with Crippen LogP contribution in [0.25, 0.3) is 0 Å². The van der Waals surface area contributed by atoms with Crippen molar-refractivity contribution in [3.05, 3.63) is 89.5 Å². The van der Waals surface area contributed by atoms with E-state index in [9.17, 15) is 9.59 Å². The third-order valence-electron chi connectivity index (χ3n) is 4.87. The first-order valence-corrected chi connectivity index (χ1v) is 9.91. The van der Waals surface area contributed by atoms with Gasteiger partial charge in [0.2, 0.25) is 0 Å². The number of hydrogen-bond acceptors (Lipinski definition) is 3. The van der Waals surface area contributed by atoms with E-state index >= 15 is 0 Å². The molecule has 3 aromatic carbocycles. The van der Waals surface area contributed by atoms with E-state index in [0.717, 1.165) is 21.0 Å². The standard InChI is InChI=1S/C23H20N2O2S/c1-15(16-8-4-3-5-9-16)24-22(26)17-12-13-21-19(14-17)25(2)23(27)18-10-6-7-11-20(18)28-21/h3-15H,1-2H3,(H,24,26)/t15-/m1/s1. The fourth-order valence-corrected chi connectivity index (χ4v) is 4.34. The van der Waals surface area contributed by atoms with Gasteiger partial charge in [-0.05, 0) is 42.8 Å². The molecule has 0 spiro atoms. The molecule has 1 aliphatic rings. The molecule has 140 valence electrons. The van der Waals surface area contributed by atoms with Crippen LogP contribution in [0.3, 0.4) is 0 Å². The van der Waals surface area contributed by atoms with Crippen molar-refractivity contribution in [3.8, 4) is 0 Å². The smallest absolute Gasteiger partial charge is 0.259 e. The molecule has 2 amide bonds. The second-order valence-corrected chi connectivity index (χ2v) is 7.83. The Morgan fingerprint density at radius 3 is 2.46 bits per heavy atom. The SMILES string of the molecule is C[C@@H](NC(=O)c1ccc2c(c1)N(C)C(=O)c1ccccc1S2)c1ccccc1. The quantitative estimate of drug-likeness (QED) is 0.693. The summed E-state index contributed by atoms with van der Waals surface area (Å²) >= 11 is 1.55. The number of hydrogen-bond donors (Lipinski definition) is 1. The number of nitrogens with zero attached hydrogens (tertiary/aromatic N) is 1. The number of anilines is 1. The highest BCUT2D eigenvalue weighted by Gasteiger charge is 2.25. The molecule has 3 aromatic rings. The lowest BCUT2D eigenvalue weighted by Crippen LogP contribution is -2.28. The summed E-state index contributed by atoms with van der Waals surface area (Å²) in [4.78, 5) is 29.1. The zero-order valence-corrected chi connectivity index (χ0v) is 16.5. The molecular weight excluding hydrogens is 368 g/mol. The van der Waals surface area contributed by atoms with Crippen LogP contribution in [0.5, 0.6) is 0 Å². The summed E-state index contributed by atoms with van der Waals surface area (Å²) in [6.07, 6.45) is 0. The van der Waals surface area contributed by atoms with Crippen molar-refractivity contribution in [3.63, 3.8) is 0 Å². The maximum Gasteiger partial charge on any atom is 0.259 e. The molecule has 1 N–H and O–H groups in total. The van der Waals surface area contributed by atoms with Crippen molar-refractivity contribution >= 4 is 29.3 Å². The number of fused-ring (bicyclic) bond motifs is 2. The molecule has 5 heteroatoms. The van der Waals surface area contributed by atoms with Crippen LogP contribution in [0.15, 0.2) is 82.6 Å². The van der Waals surface area contributed by atoms with Gasteiger partial charge in [-0.3, -0.25) is 9.59 Å². The van der Waals surface area contributed by atoms with Crippen molar-refractivity contribution in [2.45, 2.75) is 22.8 Å². The van der Waals surface area contributed by atoms with Gasteiger partial charge in [0.1, 0.15) is 0 Å². The molecule has 4 nitrogen and oxygen atoms in total. The van der Waals surface area contributed by atoms with E-state index in [1.54, 1.807) is 29.8 Å². The number of carbonyl (C=O) groups is 2. The van der Waals surface area contributed by atoms with Gasteiger partial charge >= 0.3 is 0 Å². The van der Waals surface area contributed by atoms with Crippen LogP contribution in [-0.4, -0.2) is 18.9 Å². The molecule has 0 fully saturated rings. The number of amides is 2. The minimum absolute atomic E-state index is 0.0722. The molecule has 1 aliphatic heterocycles. The zero-order chi connectivity index (χ0) is 19.7. The Morgan fingerprint density at radius 1 is 0.964 bits per heavy atom. The largest absolute Gasteiger partial charge is 0.346 e. The van der Waals surface area contributed by atoms with Crippen LogP contribution in [0.4, 0.5) is 5.69 Å². The van der Waals surface area contributed by atoms with Gasteiger partial charge in [0.25, 0.3) is 11.8 Å². The number of carbonyl (C=O) groups excluding carboxylic acids is 2. The van der Waals surface area contributed by atoms with Gasteiger partial charge < -0.3 is 10.2 Å². The Hall–Kier alpha value is -3.05. The molecule has 1 heterocycles. The molecule has 0 saturated carbocycles. The first kappa shape index (κ1) is 18.3. The van der Waals surface area contributed by atoms with Crippen LogP contribution in [0, 0.1) is 0 Å². The predicted octanol–water partition coefficient (Wildman–Crippen LogP) is 4.92. The van der Waals surface area contributed by atoms with Crippen LogP contribution >= 0.6 is 11.8 Å². The van der Waals surface area contributed by atoms with Crippen molar-refractivity contribution in [1.29, 1.82) is 0 Å². The van der Waals surface area contributed by atoms with Gasteiger partial charge in [-0.15, -0.1) is 0 Å². The van der Waals surface area contributed by atoms with E-state index in [4.69, 9.17) is 0 Å². The van der Waals surface area contributed by atoms with E-state index in [0.29, 0.717) is 11.1 Å². The van der Waals surface area contributed by atoms with Crippen LogP contribution in [-0.2, 0) is 0 Å². The Morgan fingerprint density at radius 2 is 1.68 bits per heavy atom. The molecule has 0 bridgehead atoms. The highest BCUT2D eigenvalue weighted by Crippen LogP contribution is 2.41. The predicted molar refractivity (Wildman–Crippen MR) is 112 cm³/mol. The number of rotatable bonds is 3. The third kappa shape index (κ3) is 3.41. The highest BCUT2D eigenvalue weighted by molar-refractivity contribution is 7.99. The molecule has 28 heavy (non-hydrogen) atoms. The number of benzene rings is 3. The highest BCUT2D eigenvalue weighted by atomic mass is 32.2. The Labute approximate surface area is 168 Å². The molecule has 0 radical (unpaired) electrons. The summed E-state index contributed by atoms with van der Waals surface area (Å²) in [6, 6.07) is 22.8. The fourth-order valence-electron chi connectivity index (χ4n) is 3.25. The molecule has 0 saturated heterocycles. The van der Waals surface area contributed by atoms with E-state index in [1.807, 2.05) is 73.7 Å². The van der Waals surface area contributed by atoms with Crippen LogP contribution in [0.2, 0.25) is 0 Å². The van der Waals surface area contributed by atoms with E-state index in [-0.39, 0.29) is 17.9 Å². The van der Waals surface area contributed by atoms with Crippen LogP contribution in [0.1, 0.15) is 39.2 Å². The van der Waals surface area contributed by atoms with Gasteiger partial charge in [0, 0.05) is 22.4 Å². The molecule has 0 aliphatic carbocycles. The minimum Gasteiger partial charge on any atom is -0.346 e. The van der Waals surface area contributed by atoms with Gasteiger partial charge in [0.05, 0.1) is 17.3 Å². The maximum atomic E-state index is 12.9. The summed E-state index contributed by atoms with van der Waals surface area (Å²) in [6.45, 7) is 1.96. The first-order chi connectivity index (χ1) is 13.5. The summed E-state index contributed by atoms with van der Waals surface area (Å²) in [7, 11) is 1.75. The van der Waals surface area contributed by atoms with E-state index in [1.165, 1.54) is 0 Å². The van der Waals surface area contributed by atoms with E-state index < -0.39 is 0 Å². The van der Waals surface area contributed by atoms with Crippen molar-refractivity contribution in [2.75, 3.05) is 11.9 Å². The topological polar surface area (TPSA) is 49.4 Å². The number of nitrogens with one attached hydrogen (secondary N) is 1. The van der Waals surface area contributed by atoms with Gasteiger partial charge in [-0.2, -0.15) is 0 Å². The second kappa shape index (κ2) is 7.52. The van der Waals surface area contributed by atoms with Gasteiger partial charge in [-0.1, -0.05) is 54.2 Å². The normalized spacial score (nSPS) is 13.9. The van der Waals surface area contributed by atoms with Crippen molar-refractivity contribution < 1.29 is 9.59 Å². The summed E-state index contributed by atoms with van der Waals surface area (Å²) in [5, 5.41) is 3.03. The Bertz CT molecular complexity index is 1050.